The van der Waals surface area contributed by atoms with Gasteiger partial charge in [-0.1, -0.05) is 43.3 Å². The lowest BCUT2D eigenvalue weighted by Gasteiger charge is -2.21. The molecule has 0 amide bonds. The van der Waals surface area contributed by atoms with Gasteiger partial charge in [0.25, 0.3) is 0 Å². The van der Waals surface area contributed by atoms with Crippen LogP contribution >= 0.6 is 0 Å². The molecule has 1 aromatic rings. The van der Waals surface area contributed by atoms with Gasteiger partial charge in [-0.2, -0.15) is 0 Å². The Kier molecular flexibility index (Phi) is 4.75. The van der Waals surface area contributed by atoms with Gasteiger partial charge in [0.2, 0.25) is 0 Å². The average Bonchev–Trinajstić information content (AvgIpc) is 2.33. The molecule has 0 aliphatic heterocycles. The summed E-state index contributed by atoms with van der Waals surface area (Å²) < 4.78 is 11.0. The van der Waals surface area contributed by atoms with Crippen molar-refractivity contribution in [1.29, 1.82) is 0 Å². The van der Waals surface area contributed by atoms with Crippen LogP contribution in [0.1, 0.15) is 12.5 Å². The van der Waals surface area contributed by atoms with Crippen molar-refractivity contribution in [2.45, 2.75) is 13.0 Å². The summed E-state index contributed by atoms with van der Waals surface area (Å²) in [7, 11) is 1.35. The van der Waals surface area contributed by atoms with Crippen molar-refractivity contribution >= 4 is 14.6 Å². The zero-order chi connectivity index (χ0) is 11.1. The Balaban J connectivity index is 2.79. The van der Waals surface area contributed by atoms with Crippen molar-refractivity contribution in [3.8, 4) is 0 Å². The third kappa shape index (κ3) is 3.30. The van der Waals surface area contributed by atoms with Crippen LogP contribution in [0.3, 0.4) is 0 Å². The fourth-order valence-corrected chi connectivity index (χ4v) is 3.11. The number of hydrogen-bond acceptors (Lipinski definition) is 2. The molecule has 0 atom stereocenters. The molecule has 0 aromatic heterocycles. The highest BCUT2D eigenvalue weighted by molar-refractivity contribution is 6.73. The molecule has 3 heteroatoms. The number of benzene rings is 1. The van der Waals surface area contributed by atoms with Crippen LogP contribution in [0, 0.1) is 0 Å². The fourth-order valence-electron chi connectivity index (χ4n) is 1.41. The van der Waals surface area contributed by atoms with Crippen LogP contribution in [0.15, 0.2) is 36.0 Å². The zero-order valence-electron chi connectivity index (χ0n) is 9.57. The maximum absolute atomic E-state index is 5.49. The van der Waals surface area contributed by atoms with Crippen molar-refractivity contribution < 1.29 is 8.85 Å². The Morgan fingerprint density at radius 1 is 1.13 bits per heavy atom. The van der Waals surface area contributed by atoms with Crippen molar-refractivity contribution in [3.63, 3.8) is 0 Å². The first kappa shape index (κ1) is 12.2. The SMILES string of the molecule is CC[Si](C=Cc1ccccc1)(OC)OC. The largest absolute Gasteiger partial charge is 0.395 e. The highest BCUT2D eigenvalue weighted by Gasteiger charge is 2.29. The second kappa shape index (κ2) is 5.85. The molecule has 0 fully saturated rings. The van der Waals surface area contributed by atoms with Gasteiger partial charge in [0.15, 0.2) is 0 Å². The molecule has 0 spiro atoms. The van der Waals surface area contributed by atoms with E-state index in [1.807, 2.05) is 18.2 Å². The molecule has 0 radical (unpaired) electrons. The monoisotopic (exact) mass is 222 g/mol. The molecular weight excluding hydrogens is 204 g/mol. The molecule has 1 rings (SSSR count). The Morgan fingerprint density at radius 2 is 1.73 bits per heavy atom. The van der Waals surface area contributed by atoms with E-state index in [9.17, 15) is 0 Å². The lowest BCUT2D eigenvalue weighted by Crippen LogP contribution is -2.37. The molecular formula is C12H18O2Si. The van der Waals surface area contributed by atoms with E-state index in [0.29, 0.717) is 0 Å². The second-order valence-electron chi connectivity index (χ2n) is 3.32. The molecule has 2 nitrogen and oxygen atoms in total. The summed E-state index contributed by atoms with van der Waals surface area (Å²) in [6, 6.07) is 11.1. The van der Waals surface area contributed by atoms with Crippen LogP contribution in [0.25, 0.3) is 6.08 Å². The van der Waals surface area contributed by atoms with Crippen molar-refractivity contribution in [1.82, 2.24) is 0 Å². The maximum atomic E-state index is 5.49. The van der Waals surface area contributed by atoms with Gasteiger partial charge in [-0.25, -0.2) is 0 Å². The Bertz CT molecular complexity index is 296. The maximum Gasteiger partial charge on any atom is 0.364 e. The van der Waals surface area contributed by atoms with E-state index < -0.39 is 8.56 Å². The van der Waals surface area contributed by atoms with Gasteiger partial charge in [-0.05, 0) is 17.3 Å². The Labute approximate surface area is 92.8 Å². The summed E-state index contributed by atoms with van der Waals surface area (Å²) in [6.45, 7) is 2.09. The summed E-state index contributed by atoms with van der Waals surface area (Å²) in [4.78, 5) is 0. The van der Waals surface area contributed by atoms with E-state index in [4.69, 9.17) is 8.85 Å². The first-order chi connectivity index (χ1) is 7.26. The van der Waals surface area contributed by atoms with E-state index in [0.717, 1.165) is 6.04 Å². The predicted molar refractivity (Wildman–Crippen MR) is 65.7 cm³/mol. The predicted octanol–water partition coefficient (Wildman–Crippen LogP) is 2.99. The standard InChI is InChI=1S/C12H18O2Si/c1-4-15(13-2,14-3)11-10-12-8-6-5-7-9-12/h5-11H,4H2,1-3H3. The van der Waals surface area contributed by atoms with E-state index in [-0.39, 0.29) is 0 Å². The molecule has 1 aromatic carbocycles. The van der Waals surface area contributed by atoms with Gasteiger partial charge in [-0.3, -0.25) is 0 Å². The lowest BCUT2D eigenvalue weighted by molar-refractivity contribution is 0.257. The summed E-state index contributed by atoms with van der Waals surface area (Å²) in [6.07, 6.45) is 2.07. The van der Waals surface area contributed by atoms with Gasteiger partial charge in [-0.15, -0.1) is 0 Å². The van der Waals surface area contributed by atoms with Crippen molar-refractivity contribution in [3.05, 3.63) is 41.6 Å². The summed E-state index contributed by atoms with van der Waals surface area (Å²) in [5, 5.41) is 0. The molecule has 0 bridgehead atoms. The Hall–Kier alpha value is -0.903. The number of rotatable bonds is 5. The fraction of sp³-hybridized carbons (Fsp3) is 0.333. The number of hydrogen-bond donors (Lipinski definition) is 0. The summed E-state index contributed by atoms with van der Waals surface area (Å²) >= 11 is 0. The van der Waals surface area contributed by atoms with Crippen molar-refractivity contribution in [2.24, 2.45) is 0 Å². The normalized spacial score (nSPS) is 12.2. The average molecular weight is 222 g/mol. The van der Waals surface area contributed by atoms with E-state index in [2.05, 4.69) is 30.8 Å². The van der Waals surface area contributed by atoms with E-state index >= 15 is 0 Å². The zero-order valence-corrected chi connectivity index (χ0v) is 10.6. The molecule has 0 N–H and O–H groups in total. The minimum atomic E-state index is -2.08. The topological polar surface area (TPSA) is 18.5 Å². The highest BCUT2D eigenvalue weighted by atomic mass is 28.4. The molecule has 0 aliphatic rings. The van der Waals surface area contributed by atoms with Gasteiger partial charge in [0, 0.05) is 14.2 Å². The summed E-state index contributed by atoms with van der Waals surface area (Å²) in [5.74, 6) is 0. The minimum absolute atomic E-state index is 0.920. The molecule has 0 saturated heterocycles. The molecule has 0 saturated carbocycles. The quantitative estimate of drug-likeness (QED) is 0.713. The first-order valence-electron chi connectivity index (χ1n) is 5.11. The van der Waals surface area contributed by atoms with Crippen molar-refractivity contribution in [2.75, 3.05) is 14.2 Å². The van der Waals surface area contributed by atoms with Crippen LogP contribution in [-0.2, 0) is 8.85 Å². The first-order valence-corrected chi connectivity index (χ1v) is 7.21. The van der Waals surface area contributed by atoms with Gasteiger partial charge >= 0.3 is 8.56 Å². The molecule has 82 valence electrons. The lowest BCUT2D eigenvalue weighted by atomic mass is 10.2. The van der Waals surface area contributed by atoms with Gasteiger partial charge in [0.05, 0.1) is 0 Å². The second-order valence-corrected chi connectivity index (χ2v) is 6.80. The van der Waals surface area contributed by atoms with E-state index in [1.165, 1.54) is 5.56 Å². The molecule has 15 heavy (non-hydrogen) atoms. The molecule has 0 heterocycles. The minimum Gasteiger partial charge on any atom is -0.395 e. The van der Waals surface area contributed by atoms with Crippen LogP contribution < -0.4 is 0 Å². The Morgan fingerprint density at radius 3 is 2.20 bits per heavy atom. The third-order valence-electron chi connectivity index (χ3n) is 2.51. The highest BCUT2D eigenvalue weighted by Crippen LogP contribution is 2.14. The van der Waals surface area contributed by atoms with Gasteiger partial charge < -0.3 is 8.85 Å². The third-order valence-corrected chi connectivity index (χ3v) is 5.56. The van der Waals surface area contributed by atoms with Crippen LogP contribution in [0.2, 0.25) is 6.04 Å². The molecule has 0 unspecified atom stereocenters. The van der Waals surface area contributed by atoms with Crippen LogP contribution in [0.5, 0.6) is 0 Å². The smallest absolute Gasteiger partial charge is 0.364 e. The van der Waals surface area contributed by atoms with Gasteiger partial charge in [0.1, 0.15) is 0 Å². The summed E-state index contributed by atoms with van der Waals surface area (Å²) in [5.41, 5.74) is 3.26. The van der Waals surface area contributed by atoms with Crippen LogP contribution in [0.4, 0.5) is 0 Å². The van der Waals surface area contributed by atoms with Crippen LogP contribution in [-0.4, -0.2) is 22.8 Å². The van der Waals surface area contributed by atoms with E-state index in [1.54, 1.807) is 14.2 Å². The molecule has 0 aliphatic carbocycles.